The van der Waals surface area contributed by atoms with Gasteiger partial charge in [0.15, 0.2) is 0 Å². The van der Waals surface area contributed by atoms with E-state index < -0.39 is 5.97 Å². The van der Waals surface area contributed by atoms with Crippen LogP contribution in [0.5, 0.6) is 5.75 Å². The maximum Gasteiger partial charge on any atom is 0.335 e. The summed E-state index contributed by atoms with van der Waals surface area (Å²) in [6.45, 7) is 0.519. The third kappa shape index (κ3) is 5.56. The van der Waals surface area contributed by atoms with Gasteiger partial charge in [-0.05, 0) is 47.4 Å². The lowest BCUT2D eigenvalue weighted by molar-refractivity contribution is 0.0697. The summed E-state index contributed by atoms with van der Waals surface area (Å²) in [5.41, 5.74) is 3.46. The Hall–Kier alpha value is -2.85. The van der Waals surface area contributed by atoms with Crippen molar-refractivity contribution in [3.05, 3.63) is 106 Å². The first-order chi connectivity index (χ1) is 13.1. The molecule has 0 saturated carbocycles. The molecule has 0 bridgehead atoms. The van der Waals surface area contributed by atoms with Gasteiger partial charge < -0.3 is 9.84 Å². The van der Waals surface area contributed by atoms with Gasteiger partial charge in [-0.25, -0.2) is 4.79 Å². The van der Waals surface area contributed by atoms with Crippen LogP contribution < -0.4 is 4.74 Å². The lowest BCUT2D eigenvalue weighted by Crippen LogP contribution is -1.98. The summed E-state index contributed by atoms with van der Waals surface area (Å²) in [4.78, 5) is 10.9. The standard InChI is InChI=1S/C23H19BrO3/c24-21-14-13-19(22(15-21)27-16-18-5-2-1-3-6-18)8-4-7-17-9-11-20(12-10-17)23(25)26/h1-7,9-15H,8,16H2,(H,25,26). The Kier molecular flexibility index (Phi) is 6.44. The first-order valence-corrected chi connectivity index (χ1v) is 9.36. The van der Waals surface area contributed by atoms with Crippen molar-refractivity contribution < 1.29 is 14.6 Å². The molecule has 0 heterocycles. The molecule has 0 radical (unpaired) electrons. The Bertz CT molecular complexity index is 932. The predicted octanol–water partition coefficient (Wildman–Crippen LogP) is 5.98. The van der Waals surface area contributed by atoms with Crippen LogP contribution in [0.25, 0.3) is 6.08 Å². The maximum absolute atomic E-state index is 10.9. The molecule has 0 atom stereocenters. The Balaban J connectivity index is 1.68. The van der Waals surface area contributed by atoms with Gasteiger partial charge in [0.1, 0.15) is 12.4 Å². The van der Waals surface area contributed by atoms with Gasteiger partial charge in [-0.3, -0.25) is 0 Å². The van der Waals surface area contributed by atoms with Gasteiger partial charge in [0.05, 0.1) is 5.56 Å². The number of aromatic carboxylic acids is 1. The van der Waals surface area contributed by atoms with E-state index in [0.717, 1.165) is 33.3 Å². The van der Waals surface area contributed by atoms with Crippen molar-refractivity contribution in [3.63, 3.8) is 0 Å². The van der Waals surface area contributed by atoms with E-state index in [2.05, 4.69) is 15.9 Å². The third-order valence-corrected chi connectivity index (χ3v) is 4.57. The highest BCUT2D eigenvalue weighted by molar-refractivity contribution is 9.10. The van der Waals surface area contributed by atoms with Crippen LogP contribution in [0.1, 0.15) is 27.0 Å². The van der Waals surface area contributed by atoms with Crippen LogP contribution in [0, 0.1) is 0 Å². The SMILES string of the molecule is O=C(O)c1ccc(C=CCc2ccc(Br)cc2OCc2ccccc2)cc1. The summed E-state index contributed by atoms with van der Waals surface area (Å²) in [7, 11) is 0. The van der Waals surface area contributed by atoms with E-state index in [9.17, 15) is 4.79 Å². The Morgan fingerprint density at radius 1 is 1.00 bits per heavy atom. The highest BCUT2D eigenvalue weighted by Crippen LogP contribution is 2.25. The van der Waals surface area contributed by atoms with Crippen molar-refractivity contribution in [2.24, 2.45) is 0 Å². The van der Waals surface area contributed by atoms with Crippen LogP contribution in [0.15, 0.2) is 83.3 Å². The molecule has 0 aliphatic heterocycles. The molecule has 0 amide bonds. The number of carbonyl (C=O) groups is 1. The highest BCUT2D eigenvalue weighted by Gasteiger charge is 2.05. The lowest BCUT2D eigenvalue weighted by Gasteiger charge is -2.11. The van der Waals surface area contributed by atoms with E-state index in [0.29, 0.717) is 6.61 Å². The zero-order valence-corrected chi connectivity index (χ0v) is 16.2. The van der Waals surface area contributed by atoms with E-state index in [4.69, 9.17) is 9.84 Å². The molecule has 1 N–H and O–H groups in total. The fourth-order valence-electron chi connectivity index (χ4n) is 2.63. The predicted molar refractivity (Wildman–Crippen MR) is 111 cm³/mol. The van der Waals surface area contributed by atoms with Gasteiger partial charge in [-0.1, -0.05) is 76.6 Å². The van der Waals surface area contributed by atoms with Gasteiger partial charge in [0.2, 0.25) is 0 Å². The fraction of sp³-hybridized carbons (Fsp3) is 0.0870. The van der Waals surface area contributed by atoms with Crippen LogP contribution in [-0.2, 0) is 13.0 Å². The Morgan fingerprint density at radius 2 is 1.74 bits per heavy atom. The second kappa shape index (κ2) is 9.19. The molecule has 3 aromatic carbocycles. The van der Waals surface area contributed by atoms with E-state index in [-0.39, 0.29) is 5.56 Å². The quantitative estimate of drug-likeness (QED) is 0.509. The summed E-state index contributed by atoms with van der Waals surface area (Å²) in [5, 5.41) is 8.95. The van der Waals surface area contributed by atoms with E-state index >= 15 is 0 Å². The normalized spacial score (nSPS) is 10.9. The highest BCUT2D eigenvalue weighted by atomic mass is 79.9. The maximum atomic E-state index is 10.9. The van der Waals surface area contributed by atoms with Crippen LogP contribution in [0.2, 0.25) is 0 Å². The molecule has 136 valence electrons. The number of halogens is 1. The van der Waals surface area contributed by atoms with Crippen molar-refractivity contribution in [1.29, 1.82) is 0 Å². The molecule has 4 heteroatoms. The van der Waals surface area contributed by atoms with Crippen LogP contribution in [0.4, 0.5) is 0 Å². The molecule has 3 rings (SSSR count). The van der Waals surface area contributed by atoms with E-state index in [1.807, 2.05) is 60.7 Å². The zero-order chi connectivity index (χ0) is 19.1. The van der Waals surface area contributed by atoms with Crippen molar-refractivity contribution >= 4 is 28.0 Å². The number of rotatable bonds is 7. The van der Waals surface area contributed by atoms with Crippen molar-refractivity contribution in [1.82, 2.24) is 0 Å². The molecule has 0 spiro atoms. The fourth-order valence-corrected chi connectivity index (χ4v) is 2.97. The summed E-state index contributed by atoms with van der Waals surface area (Å²) in [6.07, 6.45) is 4.75. The summed E-state index contributed by atoms with van der Waals surface area (Å²) in [6, 6.07) is 22.9. The molecule has 0 aliphatic rings. The minimum atomic E-state index is -0.916. The zero-order valence-electron chi connectivity index (χ0n) is 14.6. The van der Waals surface area contributed by atoms with Crippen LogP contribution in [0.3, 0.4) is 0 Å². The summed E-state index contributed by atoms with van der Waals surface area (Å²) < 4.78 is 6.99. The molecule has 0 unspecified atom stereocenters. The molecule has 0 fully saturated rings. The molecular weight excluding hydrogens is 404 g/mol. The second-order valence-corrected chi connectivity index (χ2v) is 6.98. The minimum Gasteiger partial charge on any atom is -0.489 e. The monoisotopic (exact) mass is 422 g/mol. The molecule has 27 heavy (non-hydrogen) atoms. The van der Waals surface area contributed by atoms with Gasteiger partial charge in [0.25, 0.3) is 0 Å². The van der Waals surface area contributed by atoms with Gasteiger partial charge >= 0.3 is 5.97 Å². The lowest BCUT2D eigenvalue weighted by atomic mass is 10.1. The first kappa shape index (κ1) is 18.9. The smallest absolute Gasteiger partial charge is 0.335 e. The number of hydrogen-bond acceptors (Lipinski definition) is 2. The average Bonchev–Trinajstić information content (AvgIpc) is 2.69. The molecule has 3 nitrogen and oxygen atoms in total. The van der Waals surface area contributed by atoms with Crippen molar-refractivity contribution in [3.8, 4) is 5.75 Å². The van der Waals surface area contributed by atoms with Gasteiger partial charge in [-0.15, -0.1) is 0 Å². The number of carboxylic acids is 1. The minimum absolute atomic E-state index is 0.289. The molecule has 0 aliphatic carbocycles. The largest absolute Gasteiger partial charge is 0.489 e. The van der Waals surface area contributed by atoms with Crippen LogP contribution >= 0.6 is 15.9 Å². The average molecular weight is 423 g/mol. The Labute approximate surface area is 167 Å². The Morgan fingerprint density at radius 3 is 2.44 bits per heavy atom. The number of benzene rings is 3. The van der Waals surface area contributed by atoms with Gasteiger partial charge in [0, 0.05) is 4.47 Å². The topological polar surface area (TPSA) is 46.5 Å². The molecular formula is C23H19BrO3. The third-order valence-electron chi connectivity index (χ3n) is 4.07. The molecule has 0 saturated heterocycles. The van der Waals surface area contributed by atoms with Crippen molar-refractivity contribution in [2.45, 2.75) is 13.0 Å². The number of allylic oxidation sites excluding steroid dienone is 1. The molecule has 3 aromatic rings. The van der Waals surface area contributed by atoms with Crippen molar-refractivity contribution in [2.75, 3.05) is 0 Å². The molecule has 0 aromatic heterocycles. The number of carboxylic acid groups (broad SMARTS) is 1. The van der Waals surface area contributed by atoms with Crippen LogP contribution in [-0.4, -0.2) is 11.1 Å². The second-order valence-electron chi connectivity index (χ2n) is 6.06. The summed E-state index contributed by atoms with van der Waals surface area (Å²) in [5.74, 6) is -0.0697. The van der Waals surface area contributed by atoms with Gasteiger partial charge in [-0.2, -0.15) is 0 Å². The number of ether oxygens (including phenoxy) is 1. The van der Waals surface area contributed by atoms with E-state index in [1.165, 1.54) is 0 Å². The van der Waals surface area contributed by atoms with E-state index in [1.54, 1.807) is 24.3 Å². The first-order valence-electron chi connectivity index (χ1n) is 8.57. The number of hydrogen-bond donors (Lipinski definition) is 1. The summed E-state index contributed by atoms with van der Waals surface area (Å²) >= 11 is 3.50.